The van der Waals surface area contributed by atoms with Crippen LogP contribution < -0.4 is 9.62 Å². The summed E-state index contributed by atoms with van der Waals surface area (Å²) in [4.78, 5) is 17.4. The average molecular weight is 347 g/mol. The lowest BCUT2D eigenvalue weighted by molar-refractivity contribution is -0.118. The van der Waals surface area contributed by atoms with Crippen molar-refractivity contribution in [1.82, 2.24) is 9.71 Å². The molecule has 128 valence electrons. The number of hydrogen-bond donors (Lipinski definition) is 1. The van der Waals surface area contributed by atoms with E-state index in [2.05, 4.69) is 9.71 Å². The fraction of sp³-hybridized carbons (Fsp3) is 0.294. The Morgan fingerprint density at radius 3 is 2.50 bits per heavy atom. The van der Waals surface area contributed by atoms with Crippen molar-refractivity contribution in [1.29, 1.82) is 0 Å². The van der Waals surface area contributed by atoms with Crippen molar-refractivity contribution in [2.24, 2.45) is 0 Å². The first-order valence-electron chi connectivity index (χ1n) is 7.69. The summed E-state index contributed by atoms with van der Waals surface area (Å²) in [7, 11) is -1.85. The maximum absolute atomic E-state index is 12.1. The van der Waals surface area contributed by atoms with Crippen molar-refractivity contribution in [2.45, 2.75) is 31.2 Å². The van der Waals surface area contributed by atoms with Gasteiger partial charge in [-0.05, 0) is 36.2 Å². The van der Waals surface area contributed by atoms with E-state index < -0.39 is 10.0 Å². The number of nitrogens with zero attached hydrogens (tertiary/aromatic N) is 2. The number of nitrogens with one attached hydrogen (secondary N) is 1. The molecule has 1 N–H and O–H groups in total. The van der Waals surface area contributed by atoms with Gasteiger partial charge in [-0.3, -0.25) is 9.78 Å². The number of pyridine rings is 1. The lowest BCUT2D eigenvalue weighted by Crippen LogP contribution is -2.26. The number of anilines is 1. The third-order valence-corrected chi connectivity index (χ3v) is 4.96. The number of hydrogen-bond acceptors (Lipinski definition) is 4. The molecule has 1 aromatic carbocycles. The number of sulfonamides is 1. The third-order valence-electron chi connectivity index (χ3n) is 3.57. The molecule has 0 aliphatic carbocycles. The number of benzene rings is 1. The maximum Gasteiger partial charge on any atom is 0.242 e. The smallest absolute Gasteiger partial charge is 0.242 e. The van der Waals surface area contributed by atoms with Gasteiger partial charge < -0.3 is 4.90 Å². The molecule has 0 atom stereocenters. The molecule has 6 nitrogen and oxygen atoms in total. The Labute approximate surface area is 142 Å². The van der Waals surface area contributed by atoms with Crippen LogP contribution in [0.25, 0.3) is 0 Å². The summed E-state index contributed by atoms with van der Waals surface area (Å²) < 4.78 is 26.8. The van der Waals surface area contributed by atoms with Crippen LogP contribution in [-0.2, 0) is 21.4 Å². The van der Waals surface area contributed by atoms with E-state index in [0.29, 0.717) is 6.42 Å². The van der Waals surface area contributed by atoms with Crippen molar-refractivity contribution in [3.05, 3.63) is 54.4 Å². The normalized spacial score (nSPS) is 11.2. The molecule has 24 heavy (non-hydrogen) atoms. The topological polar surface area (TPSA) is 79.4 Å². The Hall–Kier alpha value is -2.25. The average Bonchev–Trinajstić information content (AvgIpc) is 2.61. The van der Waals surface area contributed by atoms with E-state index >= 15 is 0 Å². The highest BCUT2D eigenvalue weighted by Gasteiger charge is 2.14. The van der Waals surface area contributed by atoms with Crippen molar-refractivity contribution in [3.63, 3.8) is 0 Å². The van der Waals surface area contributed by atoms with Crippen LogP contribution in [0.3, 0.4) is 0 Å². The quantitative estimate of drug-likeness (QED) is 0.834. The highest BCUT2D eigenvalue weighted by molar-refractivity contribution is 7.89. The van der Waals surface area contributed by atoms with Gasteiger partial charge in [0.1, 0.15) is 4.90 Å². The fourth-order valence-electron chi connectivity index (χ4n) is 2.13. The van der Waals surface area contributed by atoms with Crippen LogP contribution in [0.5, 0.6) is 0 Å². The zero-order chi connectivity index (χ0) is 17.6. The molecule has 0 bridgehead atoms. The molecule has 0 unspecified atom stereocenters. The molecular weight excluding hydrogens is 326 g/mol. The van der Waals surface area contributed by atoms with Gasteiger partial charge in [0.2, 0.25) is 15.9 Å². The molecule has 1 amide bonds. The van der Waals surface area contributed by atoms with Gasteiger partial charge in [0.05, 0.1) is 0 Å². The molecule has 2 aromatic rings. The second-order valence-electron chi connectivity index (χ2n) is 5.38. The van der Waals surface area contributed by atoms with E-state index in [9.17, 15) is 13.2 Å². The highest BCUT2D eigenvalue weighted by Crippen LogP contribution is 2.16. The first-order valence-corrected chi connectivity index (χ1v) is 9.17. The number of carbonyl (C=O) groups is 1. The summed E-state index contributed by atoms with van der Waals surface area (Å²) in [5, 5.41) is 0. The van der Waals surface area contributed by atoms with Crippen molar-refractivity contribution in [3.8, 4) is 0 Å². The Bertz CT molecular complexity index is 774. The van der Waals surface area contributed by atoms with E-state index in [1.807, 2.05) is 6.92 Å². The summed E-state index contributed by atoms with van der Waals surface area (Å²) in [6.45, 7) is 2.13. The van der Waals surface area contributed by atoms with Crippen LogP contribution in [0, 0.1) is 0 Å². The standard InChI is InChI=1S/C17H21N3O3S/c1-3-5-17(21)20(2)15-9-7-14(8-10-15)12-19-24(22,23)16-6-4-11-18-13-16/h4,6-11,13,19H,3,5,12H2,1-2H3. The molecule has 7 heteroatoms. The monoisotopic (exact) mass is 347 g/mol. The van der Waals surface area contributed by atoms with Crippen LogP contribution in [0.4, 0.5) is 5.69 Å². The minimum Gasteiger partial charge on any atom is -0.316 e. The molecule has 1 heterocycles. The molecule has 0 aliphatic rings. The molecule has 0 saturated carbocycles. The zero-order valence-electron chi connectivity index (χ0n) is 13.8. The van der Waals surface area contributed by atoms with Crippen molar-refractivity contribution >= 4 is 21.6 Å². The van der Waals surface area contributed by atoms with Gasteiger partial charge >= 0.3 is 0 Å². The van der Waals surface area contributed by atoms with Crippen LogP contribution in [0.15, 0.2) is 53.7 Å². The minimum absolute atomic E-state index is 0.0579. The maximum atomic E-state index is 12.1. The van der Waals surface area contributed by atoms with E-state index in [0.717, 1.165) is 17.7 Å². The van der Waals surface area contributed by atoms with Gasteiger partial charge in [0, 0.05) is 38.1 Å². The largest absolute Gasteiger partial charge is 0.316 e. The van der Waals surface area contributed by atoms with E-state index in [1.54, 1.807) is 42.3 Å². The Morgan fingerprint density at radius 1 is 1.21 bits per heavy atom. The molecule has 0 radical (unpaired) electrons. The molecule has 0 fully saturated rings. The fourth-order valence-corrected chi connectivity index (χ4v) is 3.11. The summed E-state index contributed by atoms with van der Waals surface area (Å²) in [5.41, 5.74) is 1.59. The summed E-state index contributed by atoms with van der Waals surface area (Å²) in [6.07, 6.45) is 4.13. The first kappa shape index (κ1) is 18.1. The predicted molar refractivity (Wildman–Crippen MR) is 93.0 cm³/mol. The zero-order valence-corrected chi connectivity index (χ0v) is 14.6. The van der Waals surface area contributed by atoms with E-state index in [1.165, 1.54) is 18.5 Å². The summed E-state index contributed by atoms with van der Waals surface area (Å²) in [5.74, 6) is 0.0579. The highest BCUT2D eigenvalue weighted by atomic mass is 32.2. The molecule has 0 saturated heterocycles. The molecule has 2 rings (SSSR count). The van der Waals surface area contributed by atoms with Gasteiger partial charge in [0.25, 0.3) is 0 Å². The SMILES string of the molecule is CCCC(=O)N(C)c1ccc(CNS(=O)(=O)c2cccnc2)cc1. The third kappa shape index (κ3) is 4.62. The van der Waals surface area contributed by atoms with Gasteiger partial charge in [-0.25, -0.2) is 13.1 Å². The second-order valence-corrected chi connectivity index (χ2v) is 7.15. The lowest BCUT2D eigenvalue weighted by atomic mass is 10.2. The minimum atomic E-state index is -3.58. The summed E-state index contributed by atoms with van der Waals surface area (Å²) >= 11 is 0. The Kier molecular flexibility index (Phi) is 6.05. The molecular formula is C17H21N3O3S. The van der Waals surface area contributed by atoms with Crippen molar-refractivity contribution < 1.29 is 13.2 Å². The van der Waals surface area contributed by atoms with Crippen LogP contribution >= 0.6 is 0 Å². The second kappa shape index (κ2) is 8.03. The lowest BCUT2D eigenvalue weighted by Gasteiger charge is -2.17. The number of carbonyl (C=O) groups excluding carboxylic acids is 1. The Morgan fingerprint density at radius 2 is 1.92 bits per heavy atom. The van der Waals surface area contributed by atoms with E-state index in [-0.39, 0.29) is 17.3 Å². The molecule has 0 spiro atoms. The van der Waals surface area contributed by atoms with Gasteiger partial charge in [-0.1, -0.05) is 19.1 Å². The molecule has 1 aromatic heterocycles. The van der Waals surface area contributed by atoms with Gasteiger partial charge in [-0.2, -0.15) is 0 Å². The summed E-state index contributed by atoms with van der Waals surface area (Å²) in [6, 6.07) is 10.3. The van der Waals surface area contributed by atoms with E-state index in [4.69, 9.17) is 0 Å². The first-order chi connectivity index (χ1) is 11.4. The van der Waals surface area contributed by atoms with Crippen LogP contribution in [0.2, 0.25) is 0 Å². The van der Waals surface area contributed by atoms with Gasteiger partial charge in [-0.15, -0.1) is 0 Å². The van der Waals surface area contributed by atoms with Crippen LogP contribution in [-0.4, -0.2) is 26.4 Å². The number of amides is 1. The number of rotatable bonds is 7. The van der Waals surface area contributed by atoms with Crippen molar-refractivity contribution in [2.75, 3.05) is 11.9 Å². The van der Waals surface area contributed by atoms with Crippen LogP contribution in [0.1, 0.15) is 25.3 Å². The Balaban J connectivity index is 2.01. The number of aromatic nitrogens is 1. The predicted octanol–water partition coefficient (Wildman–Crippen LogP) is 2.32. The van der Waals surface area contributed by atoms with Gasteiger partial charge in [0.15, 0.2) is 0 Å². The molecule has 0 aliphatic heterocycles.